The van der Waals surface area contributed by atoms with Crippen molar-refractivity contribution in [1.29, 1.82) is 0 Å². The molecule has 1 unspecified atom stereocenters. The number of aliphatic hydroxyl groups is 1. The fraction of sp³-hybridized carbons (Fsp3) is 0.531. The van der Waals surface area contributed by atoms with Crippen LogP contribution in [0.4, 0.5) is 13.6 Å². The number of hydrogen-bond donors (Lipinski definition) is 5. The molecule has 0 fully saturated rings. The van der Waals surface area contributed by atoms with Gasteiger partial charge >= 0.3 is 12.0 Å². The number of ketones is 2. The highest BCUT2D eigenvalue weighted by atomic mass is 19.3. The number of allylic oxidation sites excluding steroid dienone is 4. The fourth-order valence-electron chi connectivity index (χ4n) is 8.10. The zero-order chi connectivity index (χ0) is 47.0. The number of halogens is 2. The van der Waals surface area contributed by atoms with Crippen LogP contribution in [-0.4, -0.2) is 92.2 Å². The Morgan fingerprint density at radius 3 is 2.42 bits per heavy atom. The SMILES string of the molecule is CO[C@H]1/C=C\C=C(/C)C(=O)NC2=CC(=O)C(NCCCCCNC(=O)c3ccc(CC4CCCCC#CC4(F)F)cc3)=C(C[C@@H](C)C[C@H](OC)[C@H](O)[C@@H](C)/C=C(\C)[C@@H]1OC(N)=O)C2=O. The molecule has 7 atom stereocenters. The summed E-state index contributed by atoms with van der Waals surface area (Å²) in [5.41, 5.74) is 7.48. The molecule has 0 saturated carbocycles. The Kier molecular flexibility index (Phi) is 19.7. The number of amides is 3. The average molecular weight is 891 g/mol. The van der Waals surface area contributed by atoms with Crippen molar-refractivity contribution in [1.82, 2.24) is 16.0 Å². The van der Waals surface area contributed by atoms with Gasteiger partial charge in [0, 0.05) is 68.4 Å². The Labute approximate surface area is 375 Å². The van der Waals surface area contributed by atoms with E-state index in [1.54, 1.807) is 50.3 Å². The second-order valence-electron chi connectivity index (χ2n) is 16.9. The highest BCUT2D eigenvalue weighted by Crippen LogP contribution is 2.33. The van der Waals surface area contributed by atoms with Crippen molar-refractivity contribution in [3.05, 3.63) is 93.9 Å². The molecule has 0 aromatic heterocycles. The van der Waals surface area contributed by atoms with Gasteiger partial charge in [-0.05, 0) is 100 Å². The number of nitrogens with one attached hydrogen (secondary N) is 3. The lowest BCUT2D eigenvalue weighted by Gasteiger charge is -2.30. The van der Waals surface area contributed by atoms with Gasteiger partial charge in [-0.1, -0.05) is 62.6 Å². The fourth-order valence-corrected chi connectivity index (χ4v) is 8.10. The number of hydrogen-bond acceptors (Lipinski definition) is 10. The summed E-state index contributed by atoms with van der Waals surface area (Å²) in [4.78, 5) is 65.7. The van der Waals surface area contributed by atoms with Crippen LogP contribution in [0.25, 0.3) is 0 Å². The zero-order valence-corrected chi connectivity index (χ0v) is 37.8. The van der Waals surface area contributed by atoms with E-state index in [0.717, 1.165) is 18.1 Å². The van der Waals surface area contributed by atoms with Crippen molar-refractivity contribution in [3.63, 3.8) is 0 Å². The molecule has 2 bridgehead atoms. The predicted octanol–water partition coefficient (Wildman–Crippen LogP) is 6.32. The third-order valence-corrected chi connectivity index (χ3v) is 11.8. The molecule has 0 saturated heterocycles. The van der Waals surface area contributed by atoms with Gasteiger partial charge in [0.1, 0.15) is 6.10 Å². The number of fused-ring (bicyclic) bond motifs is 2. The number of Topliss-reactive ketones (excluding diaryl/α,β-unsaturated/α-hetero) is 1. The van der Waals surface area contributed by atoms with Crippen LogP contribution in [0.1, 0.15) is 101 Å². The molecule has 15 heteroatoms. The molecule has 64 heavy (non-hydrogen) atoms. The first-order chi connectivity index (χ1) is 30.4. The van der Waals surface area contributed by atoms with Crippen molar-refractivity contribution < 1.29 is 52.1 Å². The van der Waals surface area contributed by atoms with E-state index in [2.05, 4.69) is 27.8 Å². The zero-order valence-electron chi connectivity index (χ0n) is 37.8. The average Bonchev–Trinajstić information content (AvgIpc) is 3.25. The van der Waals surface area contributed by atoms with E-state index in [4.69, 9.17) is 19.9 Å². The highest BCUT2D eigenvalue weighted by molar-refractivity contribution is 6.23. The number of methoxy groups -OCH3 is 2. The summed E-state index contributed by atoms with van der Waals surface area (Å²) in [5, 5.41) is 20.1. The minimum atomic E-state index is -3.04. The Hall–Kier alpha value is -5.43. The first kappa shape index (κ1) is 51.2. The summed E-state index contributed by atoms with van der Waals surface area (Å²) in [6.45, 7) is 7.67. The second-order valence-corrected chi connectivity index (χ2v) is 16.9. The van der Waals surface area contributed by atoms with Crippen molar-refractivity contribution in [2.45, 2.75) is 122 Å². The van der Waals surface area contributed by atoms with Crippen LogP contribution in [0, 0.1) is 29.6 Å². The van der Waals surface area contributed by atoms with Gasteiger partial charge in [-0.25, -0.2) is 4.79 Å². The maximum Gasteiger partial charge on any atom is 0.405 e. The van der Waals surface area contributed by atoms with Gasteiger partial charge in [0.15, 0.2) is 6.10 Å². The number of unbranched alkanes of at least 4 members (excludes halogenated alkanes) is 2. The first-order valence-corrected chi connectivity index (χ1v) is 22.0. The molecule has 1 aliphatic heterocycles. The molecule has 3 amide bonds. The monoisotopic (exact) mass is 890 g/mol. The van der Waals surface area contributed by atoms with Gasteiger partial charge in [-0.15, -0.1) is 0 Å². The van der Waals surface area contributed by atoms with E-state index >= 15 is 0 Å². The summed E-state index contributed by atoms with van der Waals surface area (Å²) in [7, 11) is 2.90. The van der Waals surface area contributed by atoms with E-state index < -0.39 is 65.7 Å². The lowest BCUT2D eigenvalue weighted by atomic mass is 9.85. The molecular weight excluding hydrogens is 827 g/mol. The molecule has 1 aromatic rings. The molecule has 4 rings (SSSR count). The lowest BCUT2D eigenvalue weighted by molar-refractivity contribution is -0.120. The minimum absolute atomic E-state index is 0.131. The van der Waals surface area contributed by atoms with Crippen LogP contribution in [0.2, 0.25) is 0 Å². The van der Waals surface area contributed by atoms with Gasteiger partial charge in [0.05, 0.1) is 23.6 Å². The van der Waals surface area contributed by atoms with E-state index in [1.807, 2.05) is 6.92 Å². The maximum atomic E-state index is 14.6. The Morgan fingerprint density at radius 2 is 1.73 bits per heavy atom. The van der Waals surface area contributed by atoms with Crippen LogP contribution < -0.4 is 21.7 Å². The number of aliphatic hydroxyl groups excluding tert-OH is 1. The topological polar surface area (TPSA) is 195 Å². The quantitative estimate of drug-likeness (QED) is 0.0647. The highest BCUT2D eigenvalue weighted by Gasteiger charge is 2.38. The number of carbonyl (C=O) groups is 5. The van der Waals surface area contributed by atoms with E-state index in [1.165, 1.54) is 33.3 Å². The standard InChI is InChI=1S/C49H64F2N4O9/c1-30-25-37-42(53-23-12-9-13-24-54-47(60)35-20-18-34(19-21-35)28-36-16-10-7-8-11-22-49(36,50)51)39(56)29-38(44(37)58)55-46(59)31(2)15-14-17-40(62-5)45(64-48(52)61)33(4)27-32(3)43(57)41(26-30)63-6/h14-15,17-21,27,29-30,32,36,40-41,43,45,53,57H,7-10,12-13,16,23-26,28H2,1-6H3,(H2,52,61)(H,54,60)(H,55,59)/b17-14-,31-15+,33-27+/t30-,32+,36?,40+,41+,43-,45+/m1/s1. The van der Waals surface area contributed by atoms with Gasteiger partial charge in [0.25, 0.3) is 11.8 Å². The third-order valence-electron chi connectivity index (χ3n) is 11.8. The Balaban J connectivity index is 1.41. The van der Waals surface area contributed by atoms with Crippen LogP contribution in [0.5, 0.6) is 0 Å². The smallest absolute Gasteiger partial charge is 0.405 e. The minimum Gasteiger partial charge on any atom is -0.439 e. The van der Waals surface area contributed by atoms with Gasteiger partial charge in [-0.3, -0.25) is 19.2 Å². The predicted molar refractivity (Wildman–Crippen MR) is 239 cm³/mol. The van der Waals surface area contributed by atoms with Crippen molar-refractivity contribution in [2.75, 3.05) is 27.3 Å². The lowest BCUT2D eigenvalue weighted by Crippen LogP contribution is -2.38. The van der Waals surface area contributed by atoms with Gasteiger partial charge in [0.2, 0.25) is 11.6 Å². The molecule has 1 heterocycles. The molecule has 0 spiro atoms. The number of nitrogens with two attached hydrogens (primary N) is 1. The molecule has 6 N–H and O–H groups in total. The summed E-state index contributed by atoms with van der Waals surface area (Å²) in [5.74, 6) is -1.83. The van der Waals surface area contributed by atoms with Crippen LogP contribution in [-0.2, 0) is 35.0 Å². The maximum absolute atomic E-state index is 14.6. The summed E-state index contributed by atoms with van der Waals surface area (Å²) in [6.07, 6.45) is 7.91. The van der Waals surface area contributed by atoms with Crippen LogP contribution >= 0.6 is 0 Å². The van der Waals surface area contributed by atoms with Crippen LogP contribution in [0.15, 0.2) is 82.8 Å². The first-order valence-electron chi connectivity index (χ1n) is 22.0. The number of ether oxygens (including phenoxy) is 3. The number of rotatable bonds is 13. The van der Waals surface area contributed by atoms with E-state index in [9.17, 15) is 37.9 Å². The molecule has 2 aliphatic carbocycles. The van der Waals surface area contributed by atoms with Crippen molar-refractivity contribution >= 4 is 29.5 Å². The number of primary amides is 1. The third kappa shape index (κ3) is 14.8. The summed E-state index contributed by atoms with van der Waals surface area (Å²) >= 11 is 0. The molecule has 3 aliphatic rings. The van der Waals surface area contributed by atoms with E-state index in [-0.39, 0.29) is 47.2 Å². The normalized spacial score (nSPS) is 28.0. The van der Waals surface area contributed by atoms with Gasteiger partial charge in [-0.2, -0.15) is 8.78 Å². The largest absolute Gasteiger partial charge is 0.439 e. The van der Waals surface area contributed by atoms with Crippen LogP contribution in [0.3, 0.4) is 0 Å². The van der Waals surface area contributed by atoms with Crippen molar-refractivity contribution in [3.8, 4) is 11.8 Å². The Morgan fingerprint density at radius 1 is 1.02 bits per heavy atom. The Bertz CT molecular complexity index is 2060. The van der Waals surface area contributed by atoms with Gasteiger partial charge < -0.3 is 41.0 Å². The second kappa shape index (κ2) is 24.6. The number of alkyl halides is 2. The number of benzene rings is 1. The number of carbonyl (C=O) groups excluding carboxylic acids is 5. The van der Waals surface area contributed by atoms with Crippen molar-refractivity contribution in [2.24, 2.45) is 23.5 Å². The van der Waals surface area contributed by atoms with E-state index in [0.29, 0.717) is 69.2 Å². The molecule has 13 nitrogen and oxygen atoms in total. The molecule has 348 valence electrons. The molecular formula is C49H64F2N4O9. The molecule has 0 radical (unpaired) electrons. The summed E-state index contributed by atoms with van der Waals surface area (Å²) in [6, 6.07) is 6.71. The summed E-state index contributed by atoms with van der Waals surface area (Å²) < 4.78 is 45.9. The molecule has 1 aromatic carbocycles.